The number of likely N-dealkylation sites (N-methyl/N-ethyl adjacent to an activating group) is 1. The second-order valence-corrected chi connectivity index (χ2v) is 8.56. The van der Waals surface area contributed by atoms with E-state index in [1.54, 1.807) is 30.3 Å². The molecule has 1 atom stereocenters. The molecule has 0 aliphatic carbocycles. The Morgan fingerprint density at radius 3 is 2.25 bits per heavy atom. The van der Waals surface area contributed by atoms with E-state index in [0.29, 0.717) is 16.9 Å². The molecule has 0 aromatic heterocycles. The van der Waals surface area contributed by atoms with Crippen LogP contribution in [-0.4, -0.2) is 87.1 Å². The van der Waals surface area contributed by atoms with E-state index in [2.05, 4.69) is 26.9 Å². The minimum atomic E-state index is -1.11. The summed E-state index contributed by atoms with van der Waals surface area (Å²) in [5, 5.41) is 2.29. The summed E-state index contributed by atoms with van der Waals surface area (Å²) in [5.41, 5.74) is 2.17. The van der Waals surface area contributed by atoms with Crippen LogP contribution in [0.25, 0.3) is 0 Å². The lowest BCUT2D eigenvalue weighted by Gasteiger charge is -2.32. The summed E-state index contributed by atoms with van der Waals surface area (Å²) in [6, 6.07) is 12.8. The quantitative estimate of drug-likeness (QED) is 0.324. The van der Waals surface area contributed by atoms with Crippen LogP contribution in [-0.2, 0) is 36.8 Å². The number of hydrogen-bond acceptors (Lipinski definition) is 9. The lowest BCUT2D eigenvalue weighted by atomic mass is 10.1. The molecule has 10 nitrogen and oxygen atoms in total. The predicted octanol–water partition coefficient (Wildman–Crippen LogP) is 1.03. The van der Waals surface area contributed by atoms with Crippen molar-refractivity contribution in [1.29, 1.82) is 0 Å². The molecule has 36 heavy (non-hydrogen) atoms. The van der Waals surface area contributed by atoms with Crippen molar-refractivity contribution in [3.8, 4) is 5.75 Å². The molecule has 1 saturated heterocycles. The summed E-state index contributed by atoms with van der Waals surface area (Å²) in [5.74, 6) is -3.01. The highest BCUT2D eigenvalue weighted by molar-refractivity contribution is 6.32. The van der Waals surface area contributed by atoms with Crippen LogP contribution in [0.5, 0.6) is 5.75 Å². The molecule has 1 unspecified atom stereocenters. The smallest absolute Gasteiger partial charge is 0.396 e. The fraction of sp³-hybridized carbons (Fsp3) is 0.385. The molecule has 0 saturated carbocycles. The molecular weight excluding hydrogens is 466 g/mol. The lowest BCUT2D eigenvalue weighted by Crippen LogP contribution is -2.46. The van der Waals surface area contributed by atoms with Crippen LogP contribution in [0.15, 0.2) is 48.5 Å². The first kappa shape index (κ1) is 26.8. The third-order valence-corrected chi connectivity index (χ3v) is 5.90. The number of ether oxygens (including phenoxy) is 3. The van der Waals surface area contributed by atoms with Gasteiger partial charge in [-0.3, -0.25) is 9.69 Å². The van der Waals surface area contributed by atoms with E-state index in [9.17, 15) is 19.2 Å². The zero-order valence-corrected chi connectivity index (χ0v) is 20.7. The Kier molecular flexibility index (Phi) is 9.54. The first-order valence-electron chi connectivity index (χ1n) is 11.6. The zero-order chi connectivity index (χ0) is 26.1. The molecule has 2 aromatic rings. The molecule has 1 fully saturated rings. The fourth-order valence-electron chi connectivity index (χ4n) is 3.80. The van der Waals surface area contributed by atoms with E-state index >= 15 is 0 Å². The second-order valence-electron chi connectivity index (χ2n) is 8.56. The largest absolute Gasteiger partial charge is 0.467 e. The van der Waals surface area contributed by atoms with Crippen molar-refractivity contribution in [3.05, 3.63) is 65.2 Å². The monoisotopic (exact) mass is 497 g/mol. The number of amides is 1. The molecule has 1 heterocycles. The third kappa shape index (κ3) is 7.62. The maximum absolute atomic E-state index is 12.7. The fourth-order valence-corrected chi connectivity index (χ4v) is 3.80. The third-order valence-electron chi connectivity index (χ3n) is 5.90. The molecule has 2 aromatic carbocycles. The summed E-state index contributed by atoms with van der Waals surface area (Å²) in [6.07, 6.45) is 0.0674. The SMILES string of the molecule is COC(=O)C(=O)NC(Cc1ccc(OC(=O)c2cccc(CN3CCN(C)CC3)c2)cc1)C(=O)OC. The van der Waals surface area contributed by atoms with Crippen LogP contribution in [0.3, 0.4) is 0 Å². The van der Waals surface area contributed by atoms with Crippen LogP contribution < -0.4 is 10.1 Å². The maximum atomic E-state index is 12.7. The molecular formula is C26H31N3O7. The number of carbonyl (C=O) groups excluding carboxylic acids is 4. The van der Waals surface area contributed by atoms with Gasteiger partial charge in [0.25, 0.3) is 0 Å². The number of benzene rings is 2. The number of esters is 3. The summed E-state index contributed by atoms with van der Waals surface area (Å²) in [4.78, 5) is 52.6. The highest BCUT2D eigenvalue weighted by Crippen LogP contribution is 2.17. The Balaban J connectivity index is 1.59. The van der Waals surface area contributed by atoms with Gasteiger partial charge in [0.1, 0.15) is 11.8 Å². The number of methoxy groups -OCH3 is 2. The number of carbonyl (C=O) groups is 4. The van der Waals surface area contributed by atoms with Gasteiger partial charge >= 0.3 is 23.8 Å². The molecule has 192 valence electrons. The highest BCUT2D eigenvalue weighted by atomic mass is 16.5. The van der Waals surface area contributed by atoms with Crippen LogP contribution in [0.1, 0.15) is 21.5 Å². The van der Waals surface area contributed by atoms with Gasteiger partial charge in [0.05, 0.1) is 19.8 Å². The van der Waals surface area contributed by atoms with Crippen molar-refractivity contribution in [2.75, 3.05) is 47.4 Å². The minimum Gasteiger partial charge on any atom is -0.467 e. The normalized spacial score (nSPS) is 15.0. The average molecular weight is 498 g/mol. The van der Waals surface area contributed by atoms with Gasteiger partial charge in [-0.15, -0.1) is 0 Å². The topological polar surface area (TPSA) is 114 Å². The molecule has 1 aliphatic heterocycles. The van der Waals surface area contributed by atoms with Crippen LogP contribution in [0, 0.1) is 0 Å². The van der Waals surface area contributed by atoms with E-state index in [1.807, 2.05) is 18.2 Å². The Morgan fingerprint density at radius 2 is 1.61 bits per heavy atom. The van der Waals surface area contributed by atoms with Gasteiger partial charge < -0.3 is 24.4 Å². The van der Waals surface area contributed by atoms with Gasteiger partial charge in [0.2, 0.25) is 0 Å². The van der Waals surface area contributed by atoms with Crippen molar-refractivity contribution in [1.82, 2.24) is 15.1 Å². The maximum Gasteiger partial charge on any atom is 0.396 e. The van der Waals surface area contributed by atoms with Crippen molar-refractivity contribution in [2.24, 2.45) is 0 Å². The summed E-state index contributed by atoms with van der Waals surface area (Å²) < 4.78 is 14.6. The van der Waals surface area contributed by atoms with E-state index in [4.69, 9.17) is 9.47 Å². The summed E-state index contributed by atoms with van der Waals surface area (Å²) in [6.45, 7) is 4.80. The van der Waals surface area contributed by atoms with Gasteiger partial charge in [-0.25, -0.2) is 14.4 Å². The molecule has 0 spiro atoms. The minimum absolute atomic E-state index is 0.0674. The average Bonchev–Trinajstić information content (AvgIpc) is 2.89. The number of nitrogens with zero attached hydrogens (tertiary/aromatic N) is 2. The van der Waals surface area contributed by atoms with Gasteiger partial charge in [-0.1, -0.05) is 24.3 Å². The molecule has 1 aliphatic rings. The molecule has 1 N–H and O–H groups in total. The van der Waals surface area contributed by atoms with E-state index < -0.39 is 29.9 Å². The van der Waals surface area contributed by atoms with Crippen molar-refractivity contribution < 1.29 is 33.4 Å². The van der Waals surface area contributed by atoms with E-state index in [-0.39, 0.29) is 6.42 Å². The van der Waals surface area contributed by atoms with E-state index in [1.165, 1.54) is 7.11 Å². The summed E-state index contributed by atoms with van der Waals surface area (Å²) >= 11 is 0. The second kappa shape index (κ2) is 12.8. The van der Waals surface area contributed by atoms with Crippen molar-refractivity contribution >= 4 is 23.8 Å². The van der Waals surface area contributed by atoms with Crippen molar-refractivity contribution in [3.63, 3.8) is 0 Å². The van der Waals surface area contributed by atoms with Crippen LogP contribution in [0.4, 0.5) is 0 Å². The van der Waals surface area contributed by atoms with Gasteiger partial charge in [-0.05, 0) is 42.4 Å². The summed E-state index contributed by atoms with van der Waals surface area (Å²) in [7, 11) is 4.36. The molecule has 10 heteroatoms. The molecule has 0 radical (unpaired) electrons. The molecule has 3 rings (SSSR count). The Hall–Kier alpha value is -3.76. The van der Waals surface area contributed by atoms with Gasteiger partial charge in [-0.2, -0.15) is 0 Å². The number of nitrogens with one attached hydrogen (secondary N) is 1. The lowest BCUT2D eigenvalue weighted by molar-refractivity contribution is -0.154. The Bertz CT molecular complexity index is 1080. The Morgan fingerprint density at radius 1 is 0.917 bits per heavy atom. The van der Waals surface area contributed by atoms with E-state index in [0.717, 1.165) is 45.4 Å². The number of hydrogen-bond donors (Lipinski definition) is 1. The number of piperazine rings is 1. The number of rotatable bonds is 8. The van der Waals surface area contributed by atoms with Gasteiger partial charge in [0.15, 0.2) is 0 Å². The first-order valence-corrected chi connectivity index (χ1v) is 11.6. The first-order chi connectivity index (χ1) is 17.3. The highest BCUT2D eigenvalue weighted by Gasteiger charge is 2.25. The molecule has 0 bridgehead atoms. The van der Waals surface area contributed by atoms with Crippen molar-refractivity contribution in [2.45, 2.75) is 19.0 Å². The van der Waals surface area contributed by atoms with Gasteiger partial charge in [0, 0.05) is 39.1 Å². The predicted molar refractivity (Wildman–Crippen MR) is 130 cm³/mol. The standard InChI is InChI=1S/C26H31N3O7/c1-28-11-13-29(14-12-28)17-19-5-4-6-20(15-19)24(31)36-21-9-7-18(8-10-21)16-22(25(32)34-2)27-23(30)26(33)35-3/h4-10,15,22H,11-14,16-17H2,1-3H3,(H,27,30). The van der Waals surface area contributed by atoms with Crippen LogP contribution >= 0.6 is 0 Å². The molecule has 1 amide bonds. The Labute approximate surface area is 210 Å². The van der Waals surface area contributed by atoms with Crippen LogP contribution in [0.2, 0.25) is 0 Å². The zero-order valence-electron chi connectivity index (χ0n) is 20.7.